The maximum absolute atomic E-state index is 10.4. The van der Waals surface area contributed by atoms with Gasteiger partial charge in [-0.15, -0.1) is 0 Å². The third-order valence-corrected chi connectivity index (χ3v) is 2.63. The van der Waals surface area contributed by atoms with Gasteiger partial charge in [0.25, 0.3) is 0 Å². The van der Waals surface area contributed by atoms with Gasteiger partial charge in [-0.2, -0.15) is 0 Å². The van der Waals surface area contributed by atoms with Gasteiger partial charge in [-0.3, -0.25) is 0 Å². The molecule has 2 unspecified atom stereocenters. The standard InChI is InChI=1S/C8H14O2/c1-8(2)6(4-9)7(8)5-10-3/h4,6-7H,5H2,1-3H3. The van der Waals surface area contributed by atoms with Gasteiger partial charge < -0.3 is 9.53 Å². The molecule has 1 fully saturated rings. The van der Waals surface area contributed by atoms with Crippen LogP contribution in [0, 0.1) is 17.3 Å². The van der Waals surface area contributed by atoms with Crippen LogP contribution in [0.1, 0.15) is 13.8 Å². The Morgan fingerprint density at radius 1 is 1.60 bits per heavy atom. The van der Waals surface area contributed by atoms with Crippen LogP contribution >= 0.6 is 0 Å². The zero-order valence-electron chi connectivity index (χ0n) is 6.76. The highest BCUT2D eigenvalue weighted by Crippen LogP contribution is 2.56. The van der Waals surface area contributed by atoms with E-state index in [1.165, 1.54) is 0 Å². The van der Waals surface area contributed by atoms with Crippen LogP contribution in [0.15, 0.2) is 0 Å². The maximum atomic E-state index is 10.4. The lowest BCUT2D eigenvalue weighted by Gasteiger charge is -1.98. The molecule has 0 saturated heterocycles. The van der Waals surface area contributed by atoms with Crippen LogP contribution in [-0.4, -0.2) is 20.0 Å². The van der Waals surface area contributed by atoms with Crippen LogP contribution in [-0.2, 0) is 9.53 Å². The van der Waals surface area contributed by atoms with Crippen LogP contribution < -0.4 is 0 Å². The monoisotopic (exact) mass is 142 g/mol. The Morgan fingerprint density at radius 2 is 2.20 bits per heavy atom. The summed E-state index contributed by atoms with van der Waals surface area (Å²) < 4.78 is 4.97. The SMILES string of the molecule is COCC1C(C=O)C1(C)C. The number of rotatable bonds is 3. The zero-order chi connectivity index (χ0) is 7.78. The second kappa shape index (κ2) is 2.35. The summed E-state index contributed by atoms with van der Waals surface area (Å²) in [6.07, 6.45) is 1.05. The van der Waals surface area contributed by atoms with Crippen molar-refractivity contribution in [3.05, 3.63) is 0 Å². The van der Waals surface area contributed by atoms with Crippen molar-refractivity contribution in [2.24, 2.45) is 17.3 Å². The molecule has 2 heteroatoms. The molecule has 1 saturated carbocycles. The van der Waals surface area contributed by atoms with Crippen LogP contribution in [0.2, 0.25) is 0 Å². The molecule has 0 aliphatic heterocycles. The first-order chi connectivity index (χ1) is 4.64. The van der Waals surface area contributed by atoms with Crippen molar-refractivity contribution in [1.29, 1.82) is 0 Å². The Hall–Kier alpha value is -0.370. The molecule has 1 aliphatic carbocycles. The summed E-state index contributed by atoms with van der Waals surface area (Å²) in [7, 11) is 1.68. The van der Waals surface area contributed by atoms with E-state index in [0.29, 0.717) is 5.92 Å². The van der Waals surface area contributed by atoms with Crippen LogP contribution in [0.3, 0.4) is 0 Å². The fourth-order valence-corrected chi connectivity index (χ4v) is 1.55. The number of aldehydes is 1. The van der Waals surface area contributed by atoms with Gasteiger partial charge in [0.2, 0.25) is 0 Å². The quantitative estimate of drug-likeness (QED) is 0.552. The molecule has 0 radical (unpaired) electrons. The Kier molecular flexibility index (Phi) is 1.82. The molecule has 0 heterocycles. The van der Waals surface area contributed by atoms with Crippen molar-refractivity contribution in [2.75, 3.05) is 13.7 Å². The molecular formula is C8H14O2. The number of ether oxygens (including phenoxy) is 1. The molecule has 0 spiro atoms. The van der Waals surface area contributed by atoms with Crippen LogP contribution in [0.25, 0.3) is 0 Å². The minimum atomic E-state index is 0.192. The van der Waals surface area contributed by atoms with Gasteiger partial charge in [0.05, 0.1) is 6.61 Å². The second-order valence-corrected chi connectivity index (χ2v) is 3.55. The number of methoxy groups -OCH3 is 1. The van der Waals surface area contributed by atoms with Gasteiger partial charge >= 0.3 is 0 Å². The maximum Gasteiger partial charge on any atom is 0.124 e. The van der Waals surface area contributed by atoms with Gasteiger partial charge in [0, 0.05) is 13.0 Å². The molecule has 0 aromatic rings. The normalized spacial score (nSPS) is 35.5. The van der Waals surface area contributed by atoms with E-state index in [-0.39, 0.29) is 11.3 Å². The van der Waals surface area contributed by atoms with Crippen molar-refractivity contribution < 1.29 is 9.53 Å². The van der Waals surface area contributed by atoms with Crippen molar-refractivity contribution in [3.8, 4) is 0 Å². The zero-order valence-corrected chi connectivity index (χ0v) is 6.76. The highest BCUT2D eigenvalue weighted by Gasteiger charge is 2.57. The number of carbonyl (C=O) groups is 1. The first-order valence-electron chi connectivity index (χ1n) is 3.58. The van der Waals surface area contributed by atoms with E-state index in [0.717, 1.165) is 12.9 Å². The molecule has 58 valence electrons. The van der Waals surface area contributed by atoms with Crippen LogP contribution in [0.5, 0.6) is 0 Å². The number of carbonyl (C=O) groups excluding carboxylic acids is 1. The van der Waals surface area contributed by atoms with Gasteiger partial charge in [-0.05, 0) is 11.3 Å². The predicted molar refractivity (Wildman–Crippen MR) is 38.7 cm³/mol. The third kappa shape index (κ3) is 0.966. The Balaban J connectivity index is 2.44. The molecule has 1 aliphatic rings. The van der Waals surface area contributed by atoms with Gasteiger partial charge in [-0.1, -0.05) is 13.8 Å². The summed E-state index contributed by atoms with van der Waals surface area (Å²) in [5, 5.41) is 0. The second-order valence-electron chi connectivity index (χ2n) is 3.55. The molecule has 0 N–H and O–H groups in total. The van der Waals surface area contributed by atoms with E-state index in [1.807, 2.05) is 0 Å². The van der Waals surface area contributed by atoms with Gasteiger partial charge in [0.1, 0.15) is 6.29 Å². The minimum absolute atomic E-state index is 0.192. The van der Waals surface area contributed by atoms with Crippen molar-refractivity contribution in [1.82, 2.24) is 0 Å². The fourth-order valence-electron chi connectivity index (χ4n) is 1.55. The Labute approximate surface area is 61.6 Å². The smallest absolute Gasteiger partial charge is 0.124 e. The summed E-state index contributed by atoms with van der Waals surface area (Å²) in [5.41, 5.74) is 0.192. The highest BCUT2D eigenvalue weighted by molar-refractivity contribution is 5.61. The first kappa shape index (κ1) is 7.73. The largest absolute Gasteiger partial charge is 0.384 e. The Bertz CT molecular complexity index is 140. The molecule has 2 nitrogen and oxygen atoms in total. The lowest BCUT2D eigenvalue weighted by molar-refractivity contribution is -0.109. The van der Waals surface area contributed by atoms with Crippen molar-refractivity contribution in [2.45, 2.75) is 13.8 Å². The molecule has 0 bridgehead atoms. The van der Waals surface area contributed by atoms with E-state index in [2.05, 4.69) is 13.8 Å². The van der Waals surface area contributed by atoms with Crippen LogP contribution in [0.4, 0.5) is 0 Å². The summed E-state index contributed by atoms with van der Waals surface area (Å²) in [5.74, 6) is 0.683. The van der Waals surface area contributed by atoms with E-state index < -0.39 is 0 Å². The summed E-state index contributed by atoms with van der Waals surface area (Å²) in [6.45, 7) is 4.93. The number of hydrogen-bond acceptors (Lipinski definition) is 2. The van der Waals surface area contributed by atoms with Crippen molar-refractivity contribution >= 4 is 6.29 Å². The molecule has 0 aromatic carbocycles. The fraction of sp³-hybridized carbons (Fsp3) is 0.875. The molecule has 2 atom stereocenters. The number of hydrogen-bond donors (Lipinski definition) is 0. The van der Waals surface area contributed by atoms with Gasteiger partial charge in [0.15, 0.2) is 0 Å². The predicted octanol–water partition coefficient (Wildman–Crippen LogP) is 1.10. The van der Waals surface area contributed by atoms with E-state index in [9.17, 15) is 4.79 Å². The summed E-state index contributed by atoms with van der Waals surface area (Å²) in [4.78, 5) is 10.4. The molecular weight excluding hydrogens is 128 g/mol. The first-order valence-corrected chi connectivity index (χ1v) is 3.58. The minimum Gasteiger partial charge on any atom is -0.384 e. The average molecular weight is 142 g/mol. The topological polar surface area (TPSA) is 26.3 Å². The Morgan fingerprint density at radius 3 is 2.50 bits per heavy atom. The van der Waals surface area contributed by atoms with Crippen molar-refractivity contribution in [3.63, 3.8) is 0 Å². The summed E-state index contributed by atoms with van der Waals surface area (Å²) in [6, 6.07) is 0. The third-order valence-electron chi connectivity index (χ3n) is 2.63. The average Bonchev–Trinajstić information content (AvgIpc) is 2.36. The van der Waals surface area contributed by atoms with E-state index in [1.54, 1.807) is 7.11 Å². The van der Waals surface area contributed by atoms with Gasteiger partial charge in [-0.25, -0.2) is 0 Å². The lowest BCUT2D eigenvalue weighted by Crippen LogP contribution is -1.97. The molecule has 0 amide bonds. The lowest BCUT2D eigenvalue weighted by atomic mass is 10.1. The van der Waals surface area contributed by atoms with E-state index >= 15 is 0 Å². The highest BCUT2D eigenvalue weighted by atomic mass is 16.5. The molecule has 10 heavy (non-hydrogen) atoms. The van der Waals surface area contributed by atoms with E-state index in [4.69, 9.17) is 4.74 Å². The molecule has 1 rings (SSSR count). The molecule has 0 aromatic heterocycles. The summed E-state index contributed by atoms with van der Waals surface area (Å²) >= 11 is 0.